The van der Waals surface area contributed by atoms with Gasteiger partial charge in [0.05, 0.1) is 11.8 Å². The van der Waals surface area contributed by atoms with E-state index in [1.165, 1.54) is 4.90 Å². The predicted molar refractivity (Wildman–Crippen MR) is 69.3 cm³/mol. The summed E-state index contributed by atoms with van der Waals surface area (Å²) in [5, 5.41) is 8.83. The smallest absolute Gasteiger partial charge is 0.308 e. The fourth-order valence-electron chi connectivity index (χ4n) is 1.79. The number of rotatable bonds is 5. The van der Waals surface area contributed by atoms with Crippen molar-refractivity contribution in [1.82, 2.24) is 4.90 Å². The van der Waals surface area contributed by atoms with Gasteiger partial charge >= 0.3 is 5.97 Å². The molecule has 0 spiro atoms. The van der Waals surface area contributed by atoms with Crippen LogP contribution in [0.5, 0.6) is 0 Å². The predicted octanol–water partition coefficient (Wildman–Crippen LogP) is 1.97. The van der Waals surface area contributed by atoms with Gasteiger partial charge in [-0.1, -0.05) is 37.3 Å². The first kappa shape index (κ1) is 14.2. The molecule has 0 fully saturated rings. The van der Waals surface area contributed by atoms with Crippen molar-refractivity contribution in [3.05, 3.63) is 35.9 Å². The molecule has 18 heavy (non-hydrogen) atoms. The Kier molecular flexibility index (Phi) is 4.89. The number of carbonyl (C=O) groups excluding carboxylic acids is 1. The molecular weight excluding hydrogens is 230 g/mol. The fourth-order valence-corrected chi connectivity index (χ4v) is 1.79. The summed E-state index contributed by atoms with van der Waals surface area (Å²) in [5.74, 6) is -1.75. The summed E-state index contributed by atoms with van der Waals surface area (Å²) in [6, 6.07) is 9.48. The van der Waals surface area contributed by atoms with Gasteiger partial charge in [-0.3, -0.25) is 9.59 Å². The average Bonchev–Trinajstić information content (AvgIpc) is 2.37. The van der Waals surface area contributed by atoms with Crippen LogP contribution in [-0.4, -0.2) is 35.5 Å². The van der Waals surface area contributed by atoms with Crippen molar-refractivity contribution in [2.75, 3.05) is 13.6 Å². The summed E-state index contributed by atoms with van der Waals surface area (Å²) in [6.45, 7) is 3.66. The third-order valence-electron chi connectivity index (χ3n) is 3.02. The SMILES string of the molecule is CC(CN(C)C(=O)C(C)c1ccccc1)C(=O)O. The summed E-state index contributed by atoms with van der Waals surface area (Å²) in [4.78, 5) is 24.4. The molecule has 98 valence electrons. The molecule has 1 N–H and O–H groups in total. The van der Waals surface area contributed by atoms with Gasteiger partial charge < -0.3 is 10.0 Å². The molecule has 4 heteroatoms. The van der Waals surface area contributed by atoms with Crippen molar-refractivity contribution < 1.29 is 14.7 Å². The monoisotopic (exact) mass is 249 g/mol. The van der Waals surface area contributed by atoms with Crippen LogP contribution < -0.4 is 0 Å². The summed E-state index contributed by atoms with van der Waals surface area (Å²) in [5.41, 5.74) is 0.942. The summed E-state index contributed by atoms with van der Waals surface area (Å²) in [6.07, 6.45) is 0. The Hall–Kier alpha value is -1.84. The molecular formula is C14H19NO3. The van der Waals surface area contributed by atoms with Gasteiger partial charge in [-0.15, -0.1) is 0 Å². The van der Waals surface area contributed by atoms with E-state index in [1.54, 1.807) is 14.0 Å². The number of hydrogen-bond acceptors (Lipinski definition) is 2. The van der Waals surface area contributed by atoms with Crippen LogP contribution in [-0.2, 0) is 9.59 Å². The van der Waals surface area contributed by atoms with Crippen LogP contribution in [0.4, 0.5) is 0 Å². The van der Waals surface area contributed by atoms with Crippen LogP contribution in [0.1, 0.15) is 25.3 Å². The fraction of sp³-hybridized carbons (Fsp3) is 0.429. The molecule has 0 saturated heterocycles. The van der Waals surface area contributed by atoms with Gasteiger partial charge in [-0.2, -0.15) is 0 Å². The minimum Gasteiger partial charge on any atom is -0.481 e. The second-order valence-corrected chi connectivity index (χ2v) is 4.59. The van der Waals surface area contributed by atoms with E-state index in [2.05, 4.69) is 0 Å². The maximum Gasteiger partial charge on any atom is 0.308 e. The quantitative estimate of drug-likeness (QED) is 0.868. The molecule has 0 aliphatic rings. The molecule has 2 unspecified atom stereocenters. The lowest BCUT2D eigenvalue weighted by Gasteiger charge is -2.23. The zero-order chi connectivity index (χ0) is 13.7. The zero-order valence-electron chi connectivity index (χ0n) is 11.0. The minimum absolute atomic E-state index is 0.0608. The molecule has 0 heterocycles. The molecule has 1 rings (SSSR count). The minimum atomic E-state index is -0.887. The van der Waals surface area contributed by atoms with Gasteiger partial charge in [-0.25, -0.2) is 0 Å². The largest absolute Gasteiger partial charge is 0.481 e. The zero-order valence-corrected chi connectivity index (χ0v) is 11.0. The molecule has 1 amide bonds. The molecule has 1 aromatic rings. The third-order valence-corrected chi connectivity index (χ3v) is 3.02. The Morgan fingerprint density at radius 2 is 1.78 bits per heavy atom. The van der Waals surface area contributed by atoms with Gasteiger partial charge in [0.1, 0.15) is 0 Å². The van der Waals surface area contributed by atoms with E-state index in [0.717, 1.165) is 5.56 Å². The maximum atomic E-state index is 12.1. The van der Waals surface area contributed by atoms with Crippen LogP contribution in [0.25, 0.3) is 0 Å². The van der Waals surface area contributed by atoms with Gasteiger partial charge in [0.15, 0.2) is 0 Å². The topological polar surface area (TPSA) is 57.6 Å². The molecule has 0 aromatic heterocycles. The molecule has 4 nitrogen and oxygen atoms in total. The highest BCUT2D eigenvalue weighted by molar-refractivity contribution is 5.83. The standard InChI is InChI=1S/C14H19NO3/c1-10(14(17)18)9-15(3)13(16)11(2)12-7-5-4-6-8-12/h4-8,10-11H,9H2,1-3H3,(H,17,18). The van der Waals surface area contributed by atoms with Crippen LogP contribution >= 0.6 is 0 Å². The highest BCUT2D eigenvalue weighted by Crippen LogP contribution is 2.17. The molecule has 0 radical (unpaired) electrons. The third kappa shape index (κ3) is 3.58. The van der Waals surface area contributed by atoms with Crippen LogP contribution in [0.15, 0.2) is 30.3 Å². The van der Waals surface area contributed by atoms with Crippen molar-refractivity contribution in [3.8, 4) is 0 Å². The lowest BCUT2D eigenvalue weighted by molar-refractivity contribution is -0.142. The Morgan fingerprint density at radius 1 is 1.22 bits per heavy atom. The first-order valence-electron chi connectivity index (χ1n) is 5.96. The van der Waals surface area contributed by atoms with E-state index in [4.69, 9.17) is 5.11 Å². The number of aliphatic carboxylic acids is 1. The van der Waals surface area contributed by atoms with Crippen molar-refractivity contribution in [1.29, 1.82) is 0 Å². The average molecular weight is 249 g/mol. The summed E-state index contributed by atoms with van der Waals surface area (Å²) < 4.78 is 0. The van der Waals surface area contributed by atoms with E-state index in [-0.39, 0.29) is 18.4 Å². The molecule has 0 bridgehead atoms. The molecule has 1 aromatic carbocycles. The Labute approximate surface area is 107 Å². The number of carboxylic acids is 1. The molecule has 0 aliphatic carbocycles. The Balaban J connectivity index is 2.67. The summed E-state index contributed by atoms with van der Waals surface area (Å²) in [7, 11) is 1.64. The number of carboxylic acid groups (broad SMARTS) is 1. The van der Waals surface area contributed by atoms with Crippen LogP contribution in [0, 0.1) is 5.92 Å². The normalized spacial score (nSPS) is 13.7. The van der Waals surface area contributed by atoms with E-state index in [0.29, 0.717) is 0 Å². The van der Waals surface area contributed by atoms with E-state index < -0.39 is 11.9 Å². The Morgan fingerprint density at radius 3 is 2.28 bits per heavy atom. The maximum absolute atomic E-state index is 12.1. The number of hydrogen-bond donors (Lipinski definition) is 1. The number of likely N-dealkylation sites (N-methyl/N-ethyl adjacent to an activating group) is 1. The van der Waals surface area contributed by atoms with Crippen molar-refractivity contribution in [2.45, 2.75) is 19.8 Å². The molecule has 0 saturated carbocycles. The van der Waals surface area contributed by atoms with Crippen LogP contribution in [0.3, 0.4) is 0 Å². The first-order valence-corrected chi connectivity index (χ1v) is 5.96. The first-order chi connectivity index (χ1) is 8.43. The lowest BCUT2D eigenvalue weighted by atomic mass is 9.99. The van der Waals surface area contributed by atoms with E-state index in [9.17, 15) is 9.59 Å². The summed E-state index contributed by atoms with van der Waals surface area (Å²) >= 11 is 0. The molecule has 0 aliphatic heterocycles. The lowest BCUT2D eigenvalue weighted by Crippen LogP contribution is -2.36. The number of amides is 1. The second kappa shape index (κ2) is 6.19. The van der Waals surface area contributed by atoms with Crippen LogP contribution in [0.2, 0.25) is 0 Å². The second-order valence-electron chi connectivity index (χ2n) is 4.59. The Bertz CT molecular complexity index is 416. The van der Waals surface area contributed by atoms with Gasteiger partial charge in [0.25, 0.3) is 0 Å². The highest BCUT2D eigenvalue weighted by Gasteiger charge is 2.22. The van der Waals surface area contributed by atoms with Crippen molar-refractivity contribution in [2.24, 2.45) is 5.92 Å². The molecule has 2 atom stereocenters. The number of carbonyl (C=O) groups is 2. The van der Waals surface area contributed by atoms with Gasteiger partial charge in [0.2, 0.25) is 5.91 Å². The van der Waals surface area contributed by atoms with E-state index >= 15 is 0 Å². The van der Waals surface area contributed by atoms with Crippen molar-refractivity contribution in [3.63, 3.8) is 0 Å². The number of benzene rings is 1. The van der Waals surface area contributed by atoms with Gasteiger partial charge in [0, 0.05) is 13.6 Å². The highest BCUT2D eigenvalue weighted by atomic mass is 16.4. The van der Waals surface area contributed by atoms with Gasteiger partial charge in [-0.05, 0) is 12.5 Å². The van der Waals surface area contributed by atoms with E-state index in [1.807, 2.05) is 37.3 Å². The van der Waals surface area contributed by atoms with Crippen molar-refractivity contribution >= 4 is 11.9 Å². The number of nitrogens with zero attached hydrogens (tertiary/aromatic N) is 1.